The quantitative estimate of drug-likeness (QED) is 0.651. The Morgan fingerprint density at radius 2 is 1.76 bits per heavy atom. The molecule has 0 fully saturated rings. The molecule has 0 amide bonds. The lowest BCUT2D eigenvalue weighted by Crippen LogP contribution is -3.11. The molecule has 0 aliphatic carbocycles. The van der Waals surface area contributed by atoms with Gasteiger partial charge in [0, 0.05) is 17.5 Å². The van der Waals surface area contributed by atoms with E-state index < -0.39 is 6.10 Å². The number of ketones is 1. The van der Waals surface area contributed by atoms with Gasteiger partial charge in [-0.05, 0) is 31.2 Å². The third-order valence-corrected chi connectivity index (χ3v) is 4.26. The molecule has 0 bridgehead atoms. The van der Waals surface area contributed by atoms with Crippen molar-refractivity contribution in [3.05, 3.63) is 65.7 Å². The van der Waals surface area contributed by atoms with Gasteiger partial charge in [-0.3, -0.25) is 4.79 Å². The topological polar surface area (TPSA) is 51.0 Å². The van der Waals surface area contributed by atoms with Gasteiger partial charge in [0.1, 0.15) is 31.5 Å². The highest BCUT2D eigenvalue weighted by molar-refractivity contribution is 5.95. The molecule has 2 aromatic carbocycles. The molecule has 4 heteroatoms. The number of aliphatic hydroxyl groups is 1. The average Bonchev–Trinajstić information content (AvgIpc) is 2.66. The van der Waals surface area contributed by atoms with Crippen LogP contribution in [0.4, 0.5) is 0 Å². The monoisotopic (exact) mass is 342 g/mol. The summed E-state index contributed by atoms with van der Waals surface area (Å²) in [6.45, 7) is 6.69. The van der Waals surface area contributed by atoms with E-state index in [-0.39, 0.29) is 12.4 Å². The summed E-state index contributed by atoms with van der Waals surface area (Å²) < 4.78 is 5.66. The molecule has 2 rings (SSSR count). The van der Waals surface area contributed by atoms with E-state index in [1.54, 1.807) is 24.3 Å². The number of quaternary nitrogens is 1. The maximum atomic E-state index is 11.6. The first-order valence-electron chi connectivity index (χ1n) is 8.94. The number of likely N-dealkylation sites (N-methyl/N-ethyl adjacent to an activating group) is 1. The Hall–Kier alpha value is -2.17. The van der Waals surface area contributed by atoms with Crippen molar-refractivity contribution in [1.82, 2.24) is 0 Å². The molecule has 2 aromatic rings. The lowest BCUT2D eigenvalue weighted by atomic mass is 10.1. The van der Waals surface area contributed by atoms with Crippen molar-refractivity contribution in [3.63, 3.8) is 0 Å². The molecule has 0 heterocycles. The van der Waals surface area contributed by atoms with Gasteiger partial charge in [0.15, 0.2) is 5.78 Å². The molecule has 2 N–H and O–H groups in total. The number of hydrogen-bond donors (Lipinski definition) is 2. The number of benzene rings is 2. The van der Waals surface area contributed by atoms with Gasteiger partial charge < -0.3 is 14.7 Å². The zero-order chi connectivity index (χ0) is 18.1. The summed E-state index contributed by atoms with van der Waals surface area (Å²) in [6, 6.07) is 17.4. The lowest BCUT2D eigenvalue weighted by Gasteiger charge is -2.21. The minimum Gasteiger partial charge on any atom is -0.491 e. The minimum atomic E-state index is -0.532. The Bertz CT molecular complexity index is 640. The second kappa shape index (κ2) is 9.97. The van der Waals surface area contributed by atoms with Crippen LogP contribution < -0.4 is 9.64 Å². The zero-order valence-electron chi connectivity index (χ0n) is 15.1. The highest BCUT2D eigenvalue weighted by atomic mass is 16.5. The summed E-state index contributed by atoms with van der Waals surface area (Å²) in [5.74, 6) is 0.794. The Morgan fingerprint density at radius 1 is 1.08 bits per heavy atom. The van der Waals surface area contributed by atoms with E-state index in [0.29, 0.717) is 24.3 Å². The molecule has 0 saturated heterocycles. The fourth-order valence-electron chi connectivity index (χ4n) is 2.75. The van der Waals surface area contributed by atoms with Crippen LogP contribution in [0.5, 0.6) is 5.75 Å². The van der Waals surface area contributed by atoms with Crippen LogP contribution in [0.3, 0.4) is 0 Å². The molecule has 0 radical (unpaired) electrons. The summed E-state index contributed by atoms with van der Waals surface area (Å²) in [5.41, 5.74) is 1.96. The van der Waals surface area contributed by atoms with E-state index in [1.807, 2.05) is 25.1 Å². The maximum Gasteiger partial charge on any atom is 0.162 e. The van der Waals surface area contributed by atoms with Gasteiger partial charge in [0.05, 0.1) is 6.54 Å². The van der Waals surface area contributed by atoms with Crippen molar-refractivity contribution in [2.24, 2.45) is 0 Å². The number of aliphatic hydroxyl groups excluding tert-OH is 1. The highest BCUT2D eigenvalue weighted by Crippen LogP contribution is 2.13. The lowest BCUT2D eigenvalue weighted by molar-refractivity contribution is -0.915. The zero-order valence-corrected chi connectivity index (χ0v) is 15.1. The second-order valence-electron chi connectivity index (χ2n) is 6.24. The summed E-state index contributed by atoms with van der Waals surface area (Å²) in [4.78, 5) is 12.9. The molecule has 0 aliphatic heterocycles. The summed E-state index contributed by atoms with van der Waals surface area (Å²) >= 11 is 0. The van der Waals surface area contributed by atoms with Crippen molar-refractivity contribution in [2.75, 3.05) is 19.7 Å². The fraction of sp³-hybridized carbons (Fsp3) is 0.381. The standard InChI is InChI=1S/C21H27NO3/c1-3-21(24)18-10-12-20(13-11-18)25-16-19(23)15-22(4-2)14-17-8-6-5-7-9-17/h5-13,19,23H,3-4,14-16H2,1-2H3/p+1/t19-/m0/s1. The molecule has 0 aliphatic rings. The third kappa shape index (κ3) is 6.33. The van der Waals surface area contributed by atoms with E-state index in [4.69, 9.17) is 4.74 Å². The average molecular weight is 342 g/mol. The highest BCUT2D eigenvalue weighted by Gasteiger charge is 2.15. The molecule has 0 aromatic heterocycles. The predicted molar refractivity (Wildman–Crippen MR) is 99.1 cm³/mol. The van der Waals surface area contributed by atoms with E-state index in [2.05, 4.69) is 19.1 Å². The van der Waals surface area contributed by atoms with Crippen molar-refractivity contribution < 1.29 is 19.5 Å². The number of ether oxygens (including phenoxy) is 1. The molecule has 134 valence electrons. The molecule has 25 heavy (non-hydrogen) atoms. The van der Waals surface area contributed by atoms with Crippen LogP contribution in [0.25, 0.3) is 0 Å². The molecular weight excluding hydrogens is 314 g/mol. The molecular formula is C21H28NO3+. The summed E-state index contributed by atoms with van der Waals surface area (Å²) in [5, 5.41) is 10.3. The summed E-state index contributed by atoms with van der Waals surface area (Å²) in [6.07, 6.45) is -0.0358. The molecule has 4 nitrogen and oxygen atoms in total. The van der Waals surface area contributed by atoms with Crippen molar-refractivity contribution in [1.29, 1.82) is 0 Å². The van der Waals surface area contributed by atoms with Gasteiger partial charge >= 0.3 is 0 Å². The number of carbonyl (C=O) groups is 1. The number of nitrogens with one attached hydrogen (secondary N) is 1. The van der Waals surface area contributed by atoms with Gasteiger partial charge in [-0.15, -0.1) is 0 Å². The van der Waals surface area contributed by atoms with Crippen LogP contribution in [0, 0.1) is 0 Å². The minimum absolute atomic E-state index is 0.120. The molecule has 0 saturated carbocycles. The normalized spacial score (nSPS) is 13.2. The van der Waals surface area contributed by atoms with Crippen LogP contribution in [-0.4, -0.2) is 36.7 Å². The van der Waals surface area contributed by atoms with Crippen molar-refractivity contribution in [3.8, 4) is 5.75 Å². The first kappa shape index (κ1) is 19.2. The fourth-order valence-corrected chi connectivity index (χ4v) is 2.75. The van der Waals surface area contributed by atoms with E-state index in [9.17, 15) is 9.90 Å². The van der Waals surface area contributed by atoms with Gasteiger partial charge in [-0.25, -0.2) is 0 Å². The number of carbonyl (C=O) groups excluding carboxylic acids is 1. The largest absolute Gasteiger partial charge is 0.491 e. The predicted octanol–water partition coefficient (Wildman–Crippen LogP) is 2.12. The van der Waals surface area contributed by atoms with Crippen LogP contribution in [0.2, 0.25) is 0 Å². The Kier molecular flexibility index (Phi) is 7.64. The first-order valence-corrected chi connectivity index (χ1v) is 8.94. The number of hydrogen-bond acceptors (Lipinski definition) is 3. The van der Waals surface area contributed by atoms with Crippen LogP contribution >= 0.6 is 0 Å². The van der Waals surface area contributed by atoms with Crippen LogP contribution in [0.15, 0.2) is 54.6 Å². The van der Waals surface area contributed by atoms with Gasteiger partial charge in [-0.2, -0.15) is 0 Å². The van der Waals surface area contributed by atoms with E-state index >= 15 is 0 Å². The first-order chi connectivity index (χ1) is 12.1. The Morgan fingerprint density at radius 3 is 2.36 bits per heavy atom. The maximum absolute atomic E-state index is 11.6. The van der Waals surface area contributed by atoms with Crippen LogP contribution in [-0.2, 0) is 6.54 Å². The smallest absolute Gasteiger partial charge is 0.162 e. The third-order valence-electron chi connectivity index (χ3n) is 4.26. The molecule has 2 atom stereocenters. The molecule has 0 spiro atoms. The van der Waals surface area contributed by atoms with Gasteiger partial charge in [0.25, 0.3) is 0 Å². The Labute approximate surface area is 150 Å². The van der Waals surface area contributed by atoms with Crippen molar-refractivity contribution in [2.45, 2.75) is 32.9 Å². The SMILES string of the molecule is CCC(=O)c1ccc(OC[C@@H](O)C[NH+](CC)Cc2ccccc2)cc1. The summed E-state index contributed by atoms with van der Waals surface area (Å²) in [7, 11) is 0. The van der Waals surface area contributed by atoms with E-state index in [0.717, 1.165) is 13.1 Å². The number of Topliss-reactive ketones (excluding diaryl/α,β-unsaturated/α-hetero) is 1. The van der Waals surface area contributed by atoms with Crippen molar-refractivity contribution >= 4 is 5.78 Å². The van der Waals surface area contributed by atoms with E-state index in [1.165, 1.54) is 10.5 Å². The van der Waals surface area contributed by atoms with Gasteiger partial charge in [-0.1, -0.05) is 37.3 Å². The second-order valence-corrected chi connectivity index (χ2v) is 6.24. The Balaban J connectivity index is 1.80. The van der Waals surface area contributed by atoms with Crippen LogP contribution in [0.1, 0.15) is 36.2 Å². The molecule has 1 unspecified atom stereocenters. The number of rotatable bonds is 10. The van der Waals surface area contributed by atoms with Gasteiger partial charge in [0.2, 0.25) is 0 Å².